The fourth-order valence-electron chi connectivity index (χ4n) is 2.16. The first-order chi connectivity index (χ1) is 12.7. The molecule has 0 fully saturated rings. The molecule has 0 aliphatic heterocycles. The summed E-state index contributed by atoms with van der Waals surface area (Å²) < 4.78 is 0. The summed E-state index contributed by atoms with van der Waals surface area (Å²) in [6.45, 7) is 0.978. The van der Waals surface area contributed by atoms with Crippen molar-refractivity contribution in [1.29, 1.82) is 5.41 Å². The summed E-state index contributed by atoms with van der Waals surface area (Å²) in [4.78, 5) is 24.7. The van der Waals surface area contributed by atoms with Gasteiger partial charge in [0.05, 0.1) is 0 Å². The summed E-state index contributed by atoms with van der Waals surface area (Å²) in [6.07, 6.45) is 9.68. The van der Waals surface area contributed by atoms with Crippen molar-refractivity contribution in [2.24, 2.45) is 0 Å². The number of carbonyl (C=O) groups excluding carboxylic acids is 1. The average Bonchev–Trinajstić information content (AvgIpc) is 2.66. The van der Waals surface area contributed by atoms with Gasteiger partial charge in [0.2, 0.25) is 5.91 Å². The molecule has 4 N–H and O–H groups in total. The molecule has 0 unspecified atom stereocenters. The minimum Gasteiger partial charge on any atom is -0.356 e. The quantitative estimate of drug-likeness (QED) is 0.225. The number of anilines is 1. The lowest BCUT2D eigenvalue weighted by Gasteiger charge is -2.10. The van der Waals surface area contributed by atoms with Gasteiger partial charge in [-0.15, -0.1) is 0 Å². The van der Waals surface area contributed by atoms with E-state index in [9.17, 15) is 4.79 Å². The number of nitrogens with zero attached hydrogens (tertiary/aromatic N) is 2. The van der Waals surface area contributed by atoms with Gasteiger partial charge in [0.15, 0.2) is 5.96 Å². The van der Waals surface area contributed by atoms with E-state index in [0.29, 0.717) is 19.6 Å². The number of amides is 1. The SMILES string of the molecule is N=C(NCCCCCC(=O)NOCc1cccnc1)Nc1ccncc1. The van der Waals surface area contributed by atoms with Crippen LogP contribution in [0.1, 0.15) is 31.2 Å². The highest BCUT2D eigenvalue weighted by Crippen LogP contribution is 2.03. The normalized spacial score (nSPS) is 10.2. The molecule has 2 aromatic heterocycles. The van der Waals surface area contributed by atoms with E-state index < -0.39 is 0 Å². The van der Waals surface area contributed by atoms with Gasteiger partial charge in [-0.1, -0.05) is 12.5 Å². The molecule has 1 amide bonds. The first-order valence-corrected chi connectivity index (χ1v) is 8.53. The number of hydrogen-bond acceptors (Lipinski definition) is 5. The van der Waals surface area contributed by atoms with Gasteiger partial charge >= 0.3 is 0 Å². The lowest BCUT2D eigenvalue weighted by atomic mass is 10.2. The van der Waals surface area contributed by atoms with Gasteiger partial charge in [0.1, 0.15) is 6.61 Å². The Morgan fingerprint density at radius 2 is 1.92 bits per heavy atom. The molecule has 2 heterocycles. The second-order valence-corrected chi connectivity index (χ2v) is 5.65. The van der Waals surface area contributed by atoms with Gasteiger partial charge < -0.3 is 10.6 Å². The molecule has 26 heavy (non-hydrogen) atoms. The van der Waals surface area contributed by atoms with Crippen LogP contribution in [0, 0.1) is 5.41 Å². The van der Waals surface area contributed by atoms with Crippen molar-refractivity contribution in [2.45, 2.75) is 32.3 Å². The lowest BCUT2D eigenvalue weighted by molar-refractivity contribution is -0.134. The number of pyridine rings is 2. The molecular formula is C18H24N6O2. The first kappa shape index (κ1) is 19.3. The molecule has 0 spiro atoms. The predicted molar refractivity (Wildman–Crippen MR) is 99.2 cm³/mol. The molecule has 0 radical (unpaired) electrons. The number of hydroxylamine groups is 1. The number of carbonyl (C=O) groups is 1. The van der Waals surface area contributed by atoms with Gasteiger partial charge in [0.25, 0.3) is 0 Å². The topological polar surface area (TPSA) is 112 Å². The molecule has 0 saturated carbocycles. The zero-order valence-corrected chi connectivity index (χ0v) is 14.6. The molecule has 0 aliphatic rings. The first-order valence-electron chi connectivity index (χ1n) is 8.53. The van der Waals surface area contributed by atoms with Crippen LogP contribution < -0.4 is 16.1 Å². The van der Waals surface area contributed by atoms with Crippen molar-refractivity contribution in [3.63, 3.8) is 0 Å². The van der Waals surface area contributed by atoms with E-state index >= 15 is 0 Å². The van der Waals surface area contributed by atoms with E-state index in [1.54, 1.807) is 36.9 Å². The maximum Gasteiger partial charge on any atom is 0.243 e. The van der Waals surface area contributed by atoms with E-state index in [-0.39, 0.29) is 11.9 Å². The van der Waals surface area contributed by atoms with Crippen molar-refractivity contribution in [1.82, 2.24) is 20.8 Å². The Bertz CT molecular complexity index is 666. The van der Waals surface area contributed by atoms with Crippen LogP contribution in [0.3, 0.4) is 0 Å². The standard InChI is InChI=1S/C18H24N6O2/c19-18(23-16-7-11-20-12-8-16)22-10-3-1-2-6-17(25)24-26-14-15-5-4-9-21-13-15/h4-5,7-9,11-13H,1-3,6,10,14H2,(H,24,25)(H3,19,20,22,23). The second kappa shape index (κ2) is 11.5. The predicted octanol–water partition coefficient (Wildman–Crippen LogP) is 2.22. The highest BCUT2D eigenvalue weighted by Gasteiger charge is 2.02. The fraction of sp³-hybridized carbons (Fsp3) is 0.333. The Labute approximate surface area is 152 Å². The highest BCUT2D eigenvalue weighted by atomic mass is 16.6. The molecule has 2 rings (SSSR count). The Balaban J connectivity index is 1.44. The Kier molecular flexibility index (Phi) is 8.58. The third-order valence-electron chi connectivity index (χ3n) is 3.48. The van der Waals surface area contributed by atoms with E-state index in [0.717, 1.165) is 30.5 Å². The van der Waals surface area contributed by atoms with Crippen molar-refractivity contribution in [3.05, 3.63) is 54.6 Å². The van der Waals surface area contributed by atoms with Crippen LogP contribution in [0.4, 0.5) is 5.69 Å². The summed E-state index contributed by atoms with van der Waals surface area (Å²) in [6, 6.07) is 7.30. The van der Waals surface area contributed by atoms with E-state index in [2.05, 4.69) is 26.1 Å². The molecule has 8 nitrogen and oxygen atoms in total. The largest absolute Gasteiger partial charge is 0.356 e. The van der Waals surface area contributed by atoms with Crippen LogP contribution in [-0.2, 0) is 16.2 Å². The average molecular weight is 356 g/mol. The zero-order chi connectivity index (χ0) is 18.5. The molecule has 138 valence electrons. The monoisotopic (exact) mass is 356 g/mol. The number of unbranched alkanes of at least 4 members (excludes halogenated alkanes) is 2. The summed E-state index contributed by atoms with van der Waals surface area (Å²) in [7, 11) is 0. The second-order valence-electron chi connectivity index (χ2n) is 5.65. The number of aromatic nitrogens is 2. The van der Waals surface area contributed by atoms with E-state index in [1.165, 1.54) is 0 Å². The molecule has 0 atom stereocenters. The number of hydrogen-bond donors (Lipinski definition) is 4. The molecule has 0 aromatic carbocycles. The highest BCUT2D eigenvalue weighted by molar-refractivity contribution is 5.90. The van der Waals surface area contributed by atoms with Gasteiger partial charge in [0, 0.05) is 43.4 Å². The molecule has 0 saturated heterocycles. The summed E-state index contributed by atoms with van der Waals surface area (Å²) in [5.74, 6) is 0.117. The van der Waals surface area contributed by atoms with E-state index in [4.69, 9.17) is 10.2 Å². The fourth-order valence-corrected chi connectivity index (χ4v) is 2.16. The van der Waals surface area contributed by atoms with Gasteiger partial charge in [-0.3, -0.25) is 25.0 Å². The van der Waals surface area contributed by atoms with Crippen molar-refractivity contribution in [2.75, 3.05) is 11.9 Å². The van der Waals surface area contributed by atoms with Crippen molar-refractivity contribution in [3.8, 4) is 0 Å². The minimum atomic E-state index is -0.131. The summed E-state index contributed by atoms with van der Waals surface area (Å²) in [5, 5.41) is 13.7. The Morgan fingerprint density at radius 3 is 2.69 bits per heavy atom. The minimum absolute atomic E-state index is 0.131. The van der Waals surface area contributed by atoms with Gasteiger partial charge in [-0.2, -0.15) is 0 Å². The number of nitrogens with one attached hydrogen (secondary N) is 4. The lowest BCUT2D eigenvalue weighted by Crippen LogP contribution is -2.30. The van der Waals surface area contributed by atoms with Gasteiger partial charge in [-0.25, -0.2) is 5.48 Å². The van der Waals surface area contributed by atoms with Crippen molar-refractivity contribution >= 4 is 17.6 Å². The summed E-state index contributed by atoms with van der Waals surface area (Å²) in [5.41, 5.74) is 4.16. The van der Waals surface area contributed by atoms with Crippen LogP contribution in [0.15, 0.2) is 49.1 Å². The maximum absolute atomic E-state index is 11.7. The third-order valence-corrected chi connectivity index (χ3v) is 3.48. The summed E-state index contributed by atoms with van der Waals surface area (Å²) >= 11 is 0. The van der Waals surface area contributed by atoms with Crippen LogP contribution in [0.2, 0.25) is 0 Å². The molecule has 0 aliphatic carbocycles. The van der Waals surface area contributed by atoms with Crippen LogP contribution in [-0.4, -0.2) is 28.4 Å². The Hall–Kier alpha value is -3.00. The zero-order valence-electron chi connectivity index (χ0n) is 14.6. The Morgan fingerprint density at radius 1 is 1.08 bits per heavy atom. The van der Waals surface area contributed by atoms with Crippen LogP contribution in [0.5, 0.6) is 0 Å². The smallest absolute Gasteiger partial charge is 0.243 e. The van der Waals surface area contributed by atoms with E-state index in [1.807, 2.05) is 12.1 Å². The maximum atomic E-state index is 11.7. The van der Waals surface area contributed by atoms with Gasteiger partial charge in [-0.05, 0) is 36.6 Å². The van der Waals surface area contributed by atoms with Crippen LogP contribution >= 0.6 is 0 Å². The van der Waals surface area contributed by atoms with Crippen LogP contribution in [0.25, 0.3) is 0 Å². The number of guanidine groups is 1. The molecule has 0 bridgehead atoms. The van der Waals surface area contributed by atoms with Crippen molar-refractivity contribution < 1.29 is 9.63 Å². The molecule has 2 aromatic rings. The number of rotatable bonds is 10. The molecular weight excluding hydrogens is 332 g/mol. The molecule has 8 heteroatoms. The third kappa shape index (κ3) is 8.20.